The molecular weight excluding hydrogens is 434 g/mol. The standard InChI is InChI=1S/C25H25N5O4/c1-14-10-20(17-6-5-7-18(13-17)25(33)34)22(31)21(11-14)26-27-23-24(32)30(28-29(23)4)19-9-8-15(2)16(3)12-19/h5-13,26,28,31H,1-4H3,(H,33,34)/b27-23+. The van der Waals surface area contributed by atoms with Gasteiger partial charge in [0.2, 0.25) is 5.49 Å². The molecule has 0 unspecified atom stereocenters. The molecule has 0 bridgehead atoms. The summed E-state index contributed by atoms with van der Waals surface area (Å²) in [5, 5.41) is 27.4. The molecule has 4 rings (SSSR count). The van der Waals surface area contributed by atoms with Crippen molar-refractivity contribution >= 4 is 11.7 Å². The molecule has 0 aliphatic carbocycles. The molecule has 0 saturated carbocycles. The van der Waals surface area contributed by atoms with Crippen LogP contribution in [0, 0.1) is 20.8 Å². The second kappa shape index (κ2) is 8.78. The van der Waals surface area contributed by atoms with E-state index in [1.165, 1.54) is 21.5 Å². The second-order valence-corrected chi connectivity index (χ2v) is 8.21. The normalized spacial score (nSPS) is 11.6. The Labute approximate surface area is 195 Å². The summed E-state index contributed by atoms with van der Waals surface area (Å²) < 4.78 is 2.88. The number of nitrogens with one attached hydrogen (secondary N) is 2. The number of phenols is 1. The smallest absolute Gasteiger partial charge is 0.335 e. The van der Waals surface area contributed by atoms with Gasteiger partial charge < -0.3 is 10.2 Å². The molecule has 174 valence electrons. The zero-order valence-electron chi connectivity index (χ0n) is 19.2. The van der Waals surface area contributed by atoms with Crippen molar-refractivity contribution in [3.8, 4) is 22.6 Å². The maximum absolute atomic E-state index is 13.0. The molecule has 9 nitrogen and oxygen atoms in total. The Morgan fingerprint density at radius 2 is 1.79 bits per heavy atom. The molecule has 0 spiro atoms. The molecule has 4 N–H and O–H groups in total. The molecule has 0 saturated heterocycles. The van der Waals surface area contributed by atoms with E-state index in [0.29, 0.717) is 16.8 Å². The molecule has 9 heteroatoms. The van der Waals surface area contributed by atoms with Crippen LogP contribution in [-0.2, 0) is 7.05 Å². The number of hydrogen-bond acceptors (Lipinski definition) is 5. The Bertz CT molecular complexity index is 1540. The lowest BCUT2D eigenvalue weighted by Crippen LogP contribution is -2.32. The van der Waals surface area contributed by atoms with Crippen LogP contribution in [-0.4, -0.2) is 30.8 Å². The first-order valence-electron chi connectivity index (χ1n) is 10.6. The van der Waals surface area contributed by atoms with Gasteiger partial charge in [-0.25, -0.2) is 14.7 Å². The average Bonchev–Trinajstić information content (AvgIpc) is 3.09. The van der Waals surface area contributed by atoms with Gasteiger partial charge in [-0.15, -0.1) is 5.10 Å². The summed E-state index contributed by atoms with van der Waals surface area (Å²) >= 11 is 0. The summed E-state index contributed by atoms with van der Waals surface area (Å²) in [7, 11) is 1.67. The number of aromatic amines is 1. The number of nitrogens with zero attached hydrogens (tertiary/aromatic N) is 3. The number of carbonyl (C=O) groups is 1. The van der Waals surface area contributed by atoms with Gasteiger partial charge in [-0.2, -0.15) is 0 Å². The number of hydrogen-bond donors (Lipinski definition) is 4. The second-order valence-electron chi connectivity index (χ2n) is 8.21. The van der Waals surface area contributed by atoms with Crippen molar-refractivity contribution in [2.24, 2.45) is 12.1 Å². The van der Waals surface area contributed by atoms with Crippen LogP contribution in [0.3, 0.4) is 0 Å². The highest BCUT2D eigenvalue weighted by molar-refractivity contribution is 5.90. The summed E-state index contributed by atoms with van der Waals surface area (Å²) in [6.07, 6.45) is 0. The summed E-state index contributed by atoms with van der Waals surface area (Å²) in [4.78, 5) is 24.3. The lowest BCUT2D eigenvalue weighted by Gasteiger charge is -2.12. The van der Waals surface area contributed by atoms with E-state index >= 15 is 0 Å². The van der Waals surface area contributed by atoms with Gasteiger partial charge in [0, 0.05) is 12.6 Å². The highest BCUT2D eigenvalue weighted by Crippen LogP contribution is 2.37. The zero-order valence-corrected chi connectivity index (χ0v) is 19.2. The number of aryl methyl sites for hydroxylation is 4. The van der Waals surface area contributed by atoms with E-state index in [0.717, 1.165) is 16.7 Å². The first-order valence-corrected chi connectivity index (χ1v) is 10.6. The van der Waals surface area contributed by atoms with Crippen molar-refractivity contribution < 1.29 is 15.0 Å². The van der Waals surface area contributed by atoms with Gasteiger partial charge in [0.15, 0.2) is 0 Å². The molecule has 3 aromatic carbocycles. The minimum absolute atomic E-state index is 0.105. The topological polar surface area (TPSA) is 125 Å². The summed E-state index contributed by atoms with van der Waals surface area (Å²) in [6, 6.07) is 15.5. The number of aromatic carboxylic acids is 1. The van der Waals surface area contributed by atoms with Gasteiger partial charge >= 0.3 is 11.5 Å². The third-order valence-corrected chi connectivity index (χ3v) is 5.67. The van der Waals surface area contributed by atoms with Crippen molar-refractivity contribution in [3.63, 3.8) is 0 Å². The molecule has 0 atom stereocenters. The summed E-state index contributed by atoms with van der Waals surface area (Å²) in [6.45, 7) is 5.82. The maximum atomic E-state index is 13.0. The number of H-pyrrole nitrogens is 1. The Morgan fingerprint density at radius 1 is 1.03 bits per heavy atom. The van der Waals surface area contributed by atoms with Gasteiger partial charge in [-0.3, -0.25) is 14.9 Å². The molecule has 0 radical (unpaired) electrons. The fraction of sp³-hybridized carbons (Fsp3) is 0.160. The summed E-state index contributed by atoms with van der Waals surface area (Å²) in [5.74, 6) is -1.16. The molecule has 34 heavy (non-hydrogen) atoms. The molecule has 4 aromatic rings. The van der Waals surface area contributed by atoms with Gasteiger partial charge in [-0.05, 0) is 79.4 Å². The minimum atomic E-state index is -1.05. The van der Waals surface area contributed by atoms with Crippen molar-refractivity contribution in [1.29, 1.82) is 0 Å². The molecule has 1 aromatic heterocycles. The number of anilines is 1. The average molecular weight is 460 g/mol. The zero-order chi connectivity index (χ0) is 24.6. The third kappa shape index (κ3) is 4.23. The number of aromatic hydroxyl groups is 1. The number of aromatic nitrogens is 3. The van der Waals surface area contributed by atoms with Crippen LogP contribution in [0.5, 0.6) is 5.75 Å². The number of carboxylic acids is 1. The van der Waals surface area contributed by atoms with E-state index in [9.17, 15) is 19.8 Å². The predicted octanol–water partition coefficient (Wildman–Crippen LogP) is 3.43. The predicted molar refractivity (Wildman–Crippen MR) is 129 cm³/mol. The third-order valence-electron chi connectivity index (χ3n) is 5.67. The fourth-order valence-corrected chi connectivity index (χ4v) is 3.67. The molecule has 0 fully saturated rings. The monoisotopic (exact) mass is 459 g/mol. The van der Waals surface area contributed by atoms with Crippen LogP contribution in [0.2, 0.25) is 0 Å². The first-order chi connectivity index (χ1) is 16.2. The van der Waals surface area contributed by atoms with Crippen molar-refractivity contribution in [3.05, 3.63) is 92.7 Å². The molecule has 0 aliphatic heterocycles. The van der Waals surface area contributed by atoms with E-state index in [1.54, 1.807) is 31.3 Å². The number of carboxylic acid groups (broad SMARTS) is 1. The Balaban J connectivity index is 1.75. The van der Waals surface area contributed by atoms with Crippen molar-refractivity contribution in [1.82, 2.24) is 14.6 Å². The fourth-order valence-electron chi connectivity index (χ4n) is 3.67. The van der Waals surface area contributed by atoms with Crippen LogP contribution < -0.4 is 16.5 Å². The van der Waals surface area contributed by atoms with Crippen LogP contribution in [0.1, 0.15) is 27.0 Å². The van der Waals surface area contributed by atoms with E-state index in [1.807, 2.05) is 39.0 Å². The molecule has 0 amide bonds. The van der Waals surface area contributed by atoms with Crippen LogP contribution in [0.4, 0.5) is 5.69 Å². The largest absolute Gasteiger partial charge is 0.505 e. The molecule has 1 heterocycles. The van der Waals surface area contributed by atoms with Crippen LogP contribution in [0.15, 0.2) is 64.5 Å². The van der Waals surface area contributed by atoms with Crippen molar-refractivity contribution in [2.45, 2.75) is 20.8 Å². The number of benzene rings is 3. The number of phenolic OH excluding ortho intramolecular Hbond substituents is 1. The SMILES string of the molecule is Cc1cc(N/N=c2\c(=O)n(-c3ccc(C)c(C)c3)[nH]n2C)c(O)c(-c2cccc(C(=O)O)c2)c1. The highest BCUT2D eigenvalue weighted by Gasteiger charge is 2.14. The van der Waals surface area contributed by atoms with Gasteiger partial charge in [-0.1, -0.05) is 18.2 Å². The summed E-state index contributed by atoms with van der Waals surface area (Å²) in [5.41, 5.74) is 7.62. The van der Waals surface area contributed by atoms with Gasteiger partial charge in [0.25, 0.3) is 0 Å². The molecule has 0 aliphatic rings. The Hall–Kier alpha value is -4.53. The number of rotatable bonds is 5. The Kier molecular flexibility index (Phi) is 5.85. The Morgan fingerprint density at radius 3 is 2.50 bits per heavy atom. The van der Waals surface area contributed by atoms with E-state index in [-0.39, 0.29) is 28.0 Å². The maximum Gasteiger partial charge on any atom is 0.335 e. The van der Waals surface area contributed by atoms with E-state index in [4.69, 9.17) is 0 Å². The molecular formula is C25H25N5O4. The van der Waals surface area contributed by atoms with Crippen LogP contribution in [0.25, 0.3) is 16.8 Å². The quantitative estimate of drug-likeness (QED) is 0.269. The lowest BCUT2D eigenvalue weighted by molar-refractivity contribution is 0.0697. The minimum Gasteiger partial charge on any atom is -0.505 e. The van der Waals surface area contributed by atoms with Gasteiger partial charge in [0.05, 0.1) is 16.9 Å². The van der Waals surface area contributed by atoms with E-state index < -0.39 is 5.97 Å². The lowest BCUT2D eigenvalue weighted by atomic mass is 9.99. The highest BCUT2D eigenvalue weighted by atomic mass is 16.4. The van der Waals surface area contributed by atoms with Gasteiger partial charge in [0.1, 0.15) is 5.75 Å². The first kappa shape index (κ1) is 22.7. The van der Waals surface area contributed by atoms with Crippen LogP contribution >= 0.6 is 0 Å². The van der Waals surface area contributed by atoms with E-state index in [2.05, 4.69) is 15.7 Å². The van der Waals surface area contributed by atoms with Crippen molar-refractivity contribution in [2.75, 3.05) is 5.43 Å².